The minimum Gasteiger partial charge on any atom is -0.398 e. The van der Waals surface area contributed by atoms with Gasteiger partial charge >= 0.3 is 0 Å². The number of hydrogen-bond acceptors (Lipinski definition) is 3. The Hall–Kier alpha value is -1.98. The van der Waals surface area contributed by atoms with E-state index in [9.17, 15) is 8.78 Å². The van der Waals surface area contributed by atoms with Gasteiger partial charge < -0.3 is 5.73 Å². The summed E-state index contributed by atoms with van der Waals surface area (Å²) in [4.78, 5) is 0. The van der Waals surface area contributed by atoms with Gasteiger partial charge in [-0.2, -0.15) is 0 Å². The van der Waals surface area contributed by atoms with Crippen molar-refractivity contribution < 1.29 is 8.78 Å². The van der Waals surface area contributed by atoms with Gasteiger partial charge in [0.25, 0.3) is 0 Å². The lowest BCUT2D eigenvalue weighted by atomic mass is 9.95. The molecule has 5 heteroatoms. The maximum absolute atomic E-state index is 13.3. The molecule has 0 radical (unpaired) electrons. The van der Waals surface area contributed by atoms with Gasteiger partial charge in [0.1, 0.15) is 11.6 Å². The van der Waals surface area contributed by atoms with Crippen molar-refractivity contribution in [3.05, 3.63) is 64.7 Å². The van der Waals surface area contributed by atoms with E-state index in [1.165, 1.54) is 30.3 Å². The summed E-state index contributed by atoms with van der Waals surface area (Å²) in [5.41, 5.74) is 11.3. The van der Waals surface area contributed by atoms with Gasteiger partial charge in [0.05, 0.1) is 6.04 Å². The van der Waals surface area contributed by atoms with E-state index in [-0.39, 0.29) is 17.7 Å². The van der Waals surface area contributed by atoms with Crippen molar-refractivity contribution in [3.8, 4) is 0 Å². The second kappa shape index (κ2) is 5.98. The van der Waals surface area contributed by atoms with Crippen molar-refractivity contribution in [2.24, 2.45) is 5.84 Å². The second-order valence-electron chi connectivity index (χ2n) is 4.77. The molecule has 2 aromatic carbocycles. The van der Waals surface area contributed by atoms with Crippen LogP contribution in [0, 0.1) is 18.6 Å². The smallest absolute Gasteiger partial charge is 0.123 e. The van der Waals surface area contributed by atoms with Gasteiger partial charge in [0.2, 0.25) is 0 Å². The second-order valence-corrected chi connectivity index (χ2v) is 4.77. The Morgan fingerprint density at radius 2 is 1.75 bits per heavy atom. The van der Waals surface area contributed by atoms with E-state index in [0.29, 0.717) is 17.7 Å². The number of anilines is 1. The fourth-order valence-electron chi connectivity index (χ4n) is 2.21. The van der Waals surface area contributed by atoms with Crippen LogP contribution in [-0.4, -0.2) is 0 Å². The molecule has 0 aliphatic carbocycles. The van der Waals surface area contributed by atoms with E-state index in [1.807, 2.05) is 6.92 Å². The van der Waals surface area contributed by atoms with Crippen molar-refractivity contribution in [3.63, 3.8) is 0 Å². The minimum atomic E-state index is -0.370. The maximum Gasteiger partial charge on any atom is 0.123 e. The van der Waals surface area contributed by atoms with E-state index in [4.69, 9.17) is 11.6 Å². The molecule has 0 bridgehead atoms. The molecule has 0 aliphatic rings. The van der Waals surface area contributed by atoms with Crippen LogP contribution in [0.25, 0.3) is 0 Å². The average molecular weight is 277 g/mol. The molecular weight excluding hydrogens is 260 g/mol. The first-order valence-electron chi connectivity index (χ1n) is 6.27. The SMILES string of the molecule is Cc1cc(F)ccc1CC(NN)c1cc(F)ccc1N. The third-order valence-corrected chi connectivity index (χ3v) is 3.35. The molecule has 0 aliphatic heterocycles. The summed E-state index contributed by atoms with van der Waals surface area (Å²) in [6.07, 6.45) is 0.496. The van der Waals surface area contributed by atoms with Crippen molar-refractivity contribution in [2.75, 3.05) is 5.73 Å². The zero-order chi connectivity index (χ0) is 14.7. The lowest BCUT2D eigenvalue weighted by molar-refractivity contribution is 0.544. The van der Waals surface area contributed by atoms with E-state index in [1.54, 1.807) is 6.07 Å². The molecule has 2 rings (SSSR count). The van der Waals surface area contributed by atoms with E-state index < -0.39 is 0 Å². The summed E-state index contributed by atoms with van der Waals surface area (Å²) in [6.45, 7) is 1.82. The van der Waals surface area contributed by atoms with E-state index in [0.717, 1.165) is 11.1 Å². The van der Waals surface area contributed by atoms with Gasteiger partial charge in [-0.15, -0.1) is 0 Å². The summed E-state index contributed by atoms with van der Waals surface area (Å²) >= 11 is 0. The fraction of sp³-hybridized carbons (Fsp3) is 0.200. The first kappa shape index (κ1) is 14.4. The summed E-state index contributed by atoms with van der Waals surface area (Å²) in [6, 6.07) is 8.38. The third-order valence-electron chi connectivity index (χ3n) is 3.35. The lowest BCUT2D eigenvalue weighted by Gasteiger charge is -2.19. The number of nitrogens with two attached hydrogens (primary N) is 2. The Labute approximate surface area is 116 Å². The summed E-state index contributed by atoms with van der Waals surface area (Å²) in [7, 11) is 0. The zero-order valence-corrected chi connectivity index (χ0v) is 11.2. The minimum absolute atomic E-state index is 0.284. The van der Waals surface area contributed by atoms with E-state index >= 15 is 0 Å². The number of rotatable bonds is 4. The van der Waals surface area contributed by atoms with Gasteiger partial charge in [-0.05, 0) is 60.4 Å². The first-order valence-corrected chi connectivity index (χ1v) is 6.27. The Kier molecular flexibility index (Phi) is 4.32. The van der Waals surface area contributed by atoms with Gasteiger partial charge in [-0.1, -0.05) is 6.07 Å². The molecule has 1 unspecified atom stereocenters. The van der Waals surface area contributed by atoms with Gasteiger partial charge in [0, 0.05) is 5.69 Å². The molecular formula is C15H17F2N3. The molecule has 0 spiro atoms. The average Bonchev–Trinajstić information content (AvgIpc) is 2.41. The quantitative estimate of drug-likeness (QED) is 0.457. The predicted octanol–water partition coefficient (Wildman–Crippen LogP) is 2.60. The number of hydrogen-bond donors (Lipinski definition) is 3. The van der Waals surface area contributed by atoms with Gasteiger partial charge in [0.15, 0.2) is 0 Å². The highest BCUT2D eigenvalue weighted by Gasteiger charge is 2.15. The molecule has 0 heterocycles. The normalized spacial score (nSPS) is 12.4. The molecule has 106 valence electrons. The lowest BCUT2D eigenvalue weighted by Crippen LogP contribution is -2.30. The predicted molar refractivity (Wildman–Crippen MR) is 75.7 cm³/mol. The molecule has 5 N–H and O–H groups in total. The molecule has 0 aromatic heterocycles. The Bertz CT molecular complexity index is 614. The number of aryl methyl sites for hydroxylation is 1. The topological polar surface area (TPSA) is 64.1 Å². The van der Waals surface area contributed by atoms with Crippen LogP contribution in [0.5, 0.6) is 0 Å². The van der Waals surface area contributed by atoms with Gasteiger partial charge in [-0.25, -0.2) is 8.78 Å². The highest BCUT2D eigenvalue weighted by Crippen LogP contribution is 2.25. The van der Waals surface area contributed by atoms with Crippen molar-refractivity contribution >= 4 is 5.69 Å². The van der Waals surface area contributed by atoms with Crippen LogP contribution in [0.1, 0.15) is 22.7 Å². The van der Waals surface area contributed by atoms with Crippen LogP contribution in [-0.2, 0) is 6.42 Å². The van der Waals surface area contributed by atoms with Crippen LogP contribution in [0.2, 0.25) is 0 Å². The summed E-state index contributed by atoms with van der Waals surface area (Å²) in [5.74, 6) is 4.90. The van der Waals surface area contributed by atoms with E-state index in [2.05, 4.69) is 5.43 Å². The molecule has 1 atom stereocenters. The monoisotopic (exact) mass is 277 g/mol. The van der Waals surface area contributed by atoms with Gasteiger partial charge in [-0.3, -0.25) is 11.3 Å². The molecule has 0 saturated carbocycles. The number of nitrogen functional groups attached to an aromatic ring is 1. The Morgan fingerprint density at radius 1 is 1.10 bits per heavy atom. The van der Waals surface area contributed by atoms with Crippen molar-refractivity contribution in [2.45, 2.75) is 19.4 Å². The number of hydrazine groups is 1. The third kappa shape index (κ3) is 3.12. The number of halogens is 2. The number of benzene rings is 2. The first-order chi connectivity index (χ1) is 9.51. The highest BCUT2D eigenvalue weighted by molar-refractivity contribution is 5.49. The molecule has 2 aromatic rings. The molecule has 3 nitrogen and oxygen atoms in total. The summed E-state index contributed by atoms with van der Waals surface area (Å²) in [5, 5.41) is 0. The Morgan fingerprint density at radius 3 is 2.40 bits per heavy atom. The van der Waals surface area contributed by atoms with Crippen molar-refractivity contribution in [1.29, 1.82) is 0 Å². The number of nitrogens with one attached hydrogen (secondary N) is 1. The molecule has 0 saturated heterocycles. The van der Waals surface area contributed by atoms with Crippen LogP contribution in [0.4, 0.5) is 14.5 Å². The zero-order valence-electron chi connectivity index (χ0n) is 11.2. The molecule has 0 amide bonds. The van der Waals surface area contributed by atoms with Crippen LogP contribution in [0.15, 0.2) is 36.4 Å². The van der Waals surface area contributed by atoms with Crippen molar-refractivity contribution in [1.82, 2.24) is 5.43 Å². The van der Waals surface area contributed by atoms with Crippen LogP contribution in [0.3, 0.4) is 0 Å². The standard InChI is InChI=1S/C15H17F2N3/c1-9-6-11(16)3-2-10(9)7-15(20-19)13-8-12(17)4-5-14(13)18/h2-6,8,15,20H,7,18-19H2,1H3. The van der Waals surface area contributed by atoms with Crippen LogP contribution < -0.4 is 17.0 Å². The Balaban J connectivity index is 2.31. The highest BCUT2D eigenvalue weighted by atomic mass is 19.1. The molecule has 0 fully saturated rings. The largest absolute Gasteiger partial charge is 0.398 e. The fourth-order valence-corrected chi connectivity index (χ4v) is 2.21. The maximum atomic E-state index is 13.3. The molecule has 20 heavy (non-hydrogen) atoms. The summed E-state index contributed by atoms with van der Waals surface area (Å²) < 4.78 is 26.4. The van der Waals surface area contributed by atoms with Crippen LogP contribution >= 0.6 is 0 Å².